The molecule has 0 unspecified atom stereocenters. The Morgan fingerprint density at radius 3 is 2.06 bits per heavy atom. The minimum atomic E-state index is -3.90. The summed E-state index contributed by atoms with van der Waals surface area (Å²) in [7, 11) is -7.80. The fourth-order valence-electron chi connectivity index (χ4n) is 1.11. The highest BCUT2D eigenvalue weighted by molar-refractivity contribution is 14.1. The number of anilines is 1. The van der Waals surface area contributed by atoms with Gasteiger partial charge in [0.1, 0.15) is 5.69 Å². The van der Waals surface area contributed by atoms with Crippen LogP contribution < -0.4 is 3.71 Å². The Hall–Kier alpha value is -0.420. The normalized spacial score (nSPS) is 12.4. The van der Waals surface area contributed by atoms with Gasteiger partial charge in [-0.1, -0.05) is 0 Å². The second kappa shape index (κ2) is 4.45. The zero-order valence-electron chi connectivity index (χ0n) is 8.45. The quantitative estimate of drug-likeness (QED) is 0.714. The fraction of sp³-hybridized carbons (Fsp3) is 0.286. The smallest absolute Gasteiger partial charge is 0.245 e. The third-order valence-corrected chi connectivity index (χ3v) is 5.68. The van der Waals surface area contributed by atoms with Gasteiger partial charge in [-0.05, 0) is 28.7 Å². The van der Waals surface area contributed by atoms with E-state index in [1.807, 2.05) is 22.6 Å². The molecular formula is C7H9IN2O4S2. The minimum Gasteiger partial charge on any atom is -0.262 e. The summed E-state index contributed by atoms with van der Waals surface area (Å²) < 4.78 is 46.6. The Morgan fingerprint density at radius 1 is 1.19 bits per heavy atom. The van der Waals surface area contributed by atoms with E-state index in [2.05, 4.69) is 4.98 Å². The number of pyridine rings is 1. The van der Waals surface area contributed by atoms with Gasteiger partial charge >= 0.3 is 0 Å². The van der Waals surface area contributed by atoms with Crippen LogP contribution in [0.4, 0.5) is 5.69 Å². The summed E-state index contributed by atoms with van der Waals surface area (Å²) in [5.41, 5.74) is 0.0353. The summed E-state index contributed by atoms with van der Waals surface area (Å²) in [6.45, 7) is 0. The molecular weight excluding hydrogens is 367 g/mol. The lowest BCUT2D eigenvalue weighted by Gasteiger charge is -2.20. The Kier molecular flexibility index (Phi) is 3.80. The monoisotopic (exact) mass is 376 g/mol. The first-order valence-corrected chi connectivity index (χ1v) is 8.71. The van der Waals surface area contributed by atoms with Crippen molar-refractivity contribution in [1.29, 1.82) is 0 Å². The second-order valence-corrected chi connectivity index (χ2v) is 8.11. The fourth-order valence-corrected chi connectivity index (χ4v) is 4.95. The predicted molar refractivity (Wildman–Crippen MR) is 69.1 cm³/mol. The molecule has 1 heterocycles. The molecule has 0 amide bonds. The lowest BCUT2D eigenvalue weighted by atomic mass is 10.4. The van der Waals surface area contributed by atoms with Gasteiger partial charge in [0.25, 0.3) is 0 Å². The van der Waals surface area contributed by atoms with E-state index in [1.54, 1.807) is 0 Å². The van der Waals surface area contributed by atoms with Crippen LogP contribution in [-0.2, 0) is 20.0 Å². The van der Waals surface area contributed by atoms with Crippen molar-refractivity contribution >= 4 is 48.3 Å². The van der Waals surface area contributed by atoms with E-state index in [4.69, 9.17) is 0 Å². The molecule has 0 aliphatic carbocycles. The summed E-state index contributed by atoms with van der Waals surface area (Å²) >= 11 is 1.85. The molecule has 0 aromatic carbocycles. The molecule has 0 radical (unpaired) electrons. The molecule has 0 saturated carbocycles. The van der Waals surface area contributed by atoms with Crippen LogP contribution in [0.2, 0.25) is 0 Å². The molecule has 9 heteroatoms. The van der Waals surface area contributed by atoms with E-state index in [1.165, 1.54) is 18.5 Å². The number of hydrogen-bond donors (Lipinski definition) is 0. The molecule has 90 valence electrons. The summed E-state index contributed by atoms with van der Waals surface area (Å²) in [6, 6.07) is 1.53. The Bertz CT molecular complexity index is 565. The summed E-state index contributed by atoms with van der Waals surface area (Å²) in [6.07, 6.45) is 4.31. The topological polar surface area (TPSA) is 84.4 Å². The van der Waals surface area contributed by atoms with Crippen molar-refractivity contribution in [3.8, 4) is 0 Å². The van der Waals surface area contributed by atoms with Crippen molar-refractivity contribution in [3.05, 3.63) is 22.0 Å². The first-order chi connectivity index (χ1) is 7.14. The lowest BCUT2D eigenvalue weighted by Crippen LogP contribution is -2.35. The molecule has 16 heavy (non-hydrogen) atoms. The number of rotatable bonds is 3. The Morgan fingerprint density at radius 2 is 1.69 bits per heavy atom. The highest BCUT2D eigenvalue weighted by Gasteiger charge is 2.28. The van der Waals surface area contributed by atoms with Gasteiger partial charge in [-0.3, -0.25) is 4.98 Å². The molecule has 0 N–H and O–H groups in total. The highest BCUT2D eigenvalue weighted by atomic mass is 127. The molecule has 6 nitrogen and oxygen atoms in total. The van der Waals surface area contributed by atoms with Crippen molar-refractivity contribution in [2.75, 3.05) is 16.2 Å². The van der Waals surface area contributed by atoms with Crippen LogP contribution in [0, 0.1) is 3.57 Å². The van der Waals surface area contributed by atoms with Gasteiger partial charge in [0.05, 0.1) is 18.7 Å². The van der Waals surface area contributed by atoms with Gasteiger partial charge in [-0.15, -0.1) is 0 Å². The molecule has 0 spiro atoms. The van der Waals surface area contributed by atoms with Crippen LogP contribution >= 0.6 is 22.6 Å². The first-order valence-electron chi connectivity index (χ1n) is 3.94. The van der Waals surface area contributed by atoms with Crippen LogP contribution in [0.5, 0.6) is 0 Å². The first kappa shape index (κ1) is 13.6. The van der Waals surface area contributed by atoms with Gasteiger partial charge in [0.15, 0.2) is 0 Å². The SMILES string of the molecule is CS(=O)(=O)N(c1cnccc1I)S(C)(=O)=O. The maximum absolute atomic E-state index is 11.4. The number of nitrogens with zero attached hydrogens (tertiary/aromatic N) is 2. The maximum atomic E-state index is 11.4. The average Bonchev–Trinajstić information content (AvgIpc) is 2.03. The number of hydrogen-bond acceptors (Lipinski definition) is 5. The number of aromatic nitrogens is 1. The van der Waals surface area contributed by atoms with E-state index >= 15 is 0 Å². The van der Waals surface area contributed by atoms with Gasteiger partial charge in [0.2, 0.25) is 20.0 Å². The van der Waals surface area contributed by atoms with E-state index < -0.39 is 20.0 Å². The summed E-state index contributed by atoms with van der Waals surface area (Å²) in [5.74, 6) is 0. The molecule has 1 aromatic rings. The van der Waals surface area contributed by atoms with Crippen LogP contribution in [0.1, 0.15) is 0 Å². The zero-order chi connectivity index (χ0) is 12.6. The highest BCUT2D eigenvalue weighted by Crippen LogP contribution is 2.25. The molecule has 0 fully saturated rings. The second-order valence-electron chi connectivity index (χ2n) is 3.05. The summed E-state index contributed by atoms with van der Waals surface area (Å²) in [5, 5.41) is 0. The average molecular weight is 376 g/mol. The van der Waals surface area contributed by atoms with Crippen LogP contribution in [0.15, 0.2) is 18.5 Å². The van der Waals surface area contributed by atoms with Gasteiger partial charge < -0.3 is 0 Å². The van der Waals surface area contributed by atoms with Crippen LogP contribution in [0.3, 0.4) is 0 Å². The molecule has 0 aliphatic heterocycles. The molecule has 0 atom stereocenters. The molecule has 0 bridgehead atoms. The van der Waals surface area contributed by atoms with E-state index in [9.17, 15) is 16.8 Å². The zero-order valence-corrected chi connectivity index (χ0v) is 12.2. The van der Waals surface area contributed by atoms with Gasteiger partial charge in [-0.2, -0.15) is 3.71 Å². The molecule has 0 aliphatic rings. The Labute approximate surface area is 108 Å². The van der Waals surface area contributed by atoms with Gasteiger partial charge in [0, 0.05) is 9.77 Å². The van der Waals surface area contributed by atoms with Crippen molar-refractivity contribution < 1.29 is 16.8 Å². The standard InChI is InChI=1S/C7H9IN2O4S2/c1-15(11,12)10(16(2,13)14)7-5-9-4-3-6(7)8/h3-5H,1-2H3. The van der Waals surface area contributed by atoms with Crippen LogP contribution in [-0.4, -0.2) is 34.3 Å². The molecule has 1 aromatic heterocycles. The number of sulfonamides is 2. The predicted octanol–water partition coefficient (Wildman–Crippen LogP) is 0.412. The Balaban J connectivity index is 3.54. The van der Waals surface area contributed by atoms with Crippen molar-refractivity contribution in [2.24, 2.45) is 0 Å². The molecule has 0 saturated heterocycles. The third kappa shape index (κ3) is 3.04. The lowest BCUT2D eigenvalue weighted by molar-refractivity contribution is 0.590. The van der Waals surface area contributed by atoms with Crippen molar-refractivity contribution in [1.82, 2.24) is 4.98 Å². The largest absolute Gasteiger partial charge is 0.262 e. The third-order valence-electron chi connectivity index (χ3n) is 1.55. The van der Waals surface area contributed by atoms with E-state index in [0.717, 1.165) is 12.5 Å². The van der Waals surface area contributed by atoms with Crippen molar-refractivity contribution in [3.63, 3.8) is 0 Å². The summed E-state index contributed by atoms with van der Waals surface area (Å²) in [4.78, 5) is 3.72. The molecule has 1 rings (SSSR count). The maximum Gasteiger partial charge on any atom is 0.245 e. The number of halogens is 1. The van der Waals surface area contributed by atoms with Crippen LogP contribution in [0.25, 0.3) is 0 Å². The minimum absolute atomic E-state index is 0.0353. The van der Waals surface area contributed by atoms with E-state index in [0.29, 0.717) is 7.28 Å². The van der Waals surface area contributed by atoms with Gasteiger partial charge in [-0.25, -0.2) is 16.8 Å². The van der Waals surface area contributed by atoms with E-state index in [-0.39, 0.29) is 5.69 Å². The van der Waals surface area contributed by atoms with Crippen molar-refractivity contribution in [2.45, 2.75) is 0 Å².